The van der Waals surface area contributed by atoms with Gasteiger partial charge in [0.25, 0.3) is 5.91 Å². The molecule has 4 N–H and O–H groups in total. The SMILES string of the molecule is CC(C)CC(C)(CN)NC(=O)c1cc(NC(=O)CC(C)(C)C)ccc1Cl.Cl. The first-order valence-electron chi connectivity index (χ1n) is 8.97. The summed E-state index contributed by atoms with van der Waals surface area (Å²) in [6.45, 7) is 12.4. The highest BCUT2D eigenvalue weighted by atomic mass is 35.5. The minimum atomic E-state index is -0.514. The van der Waals surface area contributed by atoms with Gasteiger partial charge in [-0.1, -0.05) is 46.2 Å². The van der Waals surface area contributed by atoms with E-state index in [0.717, 1.165) is 6.42 Å². The summed E-state index contributed by atoms with van der Waals surface area (Å²) in [7, 11) is 0. The van der Waals surface area contributed by atoms with E-state index in [4.69, 9.17) is 17.3 Å². The molecule has 154 valence electrons. The van der Waals surface area contributed by atoms with E-state index < -0.39 is 5.54 Å². The lowest BCUT2D eigenvalue weighted by Gasteiger charge is -2.31. The molecule has 1 unspecified atom stereocenters. The van der Waals surface area contributed by atoms with Crippen LogP contribution in [0, 0.1) is 11.3 Å². The molecule has 0 fully saturated rings. The van der Waals surface area contributed by atoms with Crippen LogP contribution in [0.2, 0.25) is 5.02 Å². The van der Waals surface area contributed by atoms with Gasteiger partial charge in [-0.2, -0.15) is 0 Å². The maximum absolute atomic E-state index is 12.7. The second-order valence-electron chi connectivity index (χ2n) is 8.80. The van der Waals surface area contributed by atoms with Gasteiger partial charge >= 0.3 is 0 Å². The van der Waals surface area contributed by atoms with E-state index in [1.165, 1.54) is 0 Å². The van der Waals surface area contributed by atoms with Gasteiger partial charge in [0.05, 0.1) is 10.6 Å². The fraction of sp³-hybridized carbons (Fsp3) is 0.600. The van der Waals surface area contributed by atoms with E-state index in [9.17, 15) is 9.59 Å². The Balaban J connectivity index is 0.00000676. The Morgan fingerprint density at radius 3 is 2.26 bits per heavy atom. The van der Waals surface area contributed by atoms with Gasteiger partial charge in [0.1, 0.15) is 0 Å². The second-order valence-corrected chi connectivity index (χ2v) is 9.20. The number of rotatable bonds is 7. The molecule has 1 aromatic carbocycles. The Labute approximate surface area is 174 Å². The number of amides is 2. The summed E-state index contributed by atoms with van der Waals surface area (Å²) in [4.78, 5) is 24.9. The van der Waals surface area contributed by atoms with Crippen molar-refractivity contribution in [3.8, 4) is 0 Å². The van der Waals surface area contributed by atoms with Crippen LogP contribution in [0.4, 0.5) is 5.69 Å². The molecular weight excluding hydrogens is 385 g/mol. The Hall–Kier alpha value is -1.30. The normalized spacial score (nSPS) is 13.5. The molecule has 1 rings (SSSR count). The molecule has 0 aliphatic carbocycles. The smallest absolute Gasteiger partial charge is 0.253 e. The van der Waals surface area contributed by atoms with Crippen LogP contribution in [0.5, 0.6) is 0 Å². The Bertz CT molecular complexity index is 657. The minimum absolute atomic E-state index is 0. The molecule has 5 nitrogen and oxygen atoms in total. The Kier molecular flexibility index (Phi) is 9.80. The number of hydrogen-bond acceptors (Lipinski definition) is 3. The topological polar surface area (TPSA) is 84.2 Å². The number of anilines is 1. The number of nitrogens with two attached hydrogens (primary N) is 1. The van der Waals surface area contributed by atoms with Crippen LogP contribution in [0.3, 0.4) is 0 Å². The van der Waals surface area contributed by atoms with E-state index in [-0.39, 0.29) is 29.6 Å². The van der Waals surface area contributed by atoms with E-state index in [2.05, 4.69) is 24.5 Å². The average Bonchev–Trinajstić information content (AvgIpc) is 2.46. The van der Waals surface area contributed by atoms with Gasteiger partial charge in [-0.15, -0.1) is 12.4 Å². The summed E-state index contributed by atoms with van der Waals surface area (Å²) in [5.41, 5.74) is 6.11. The zero-order chi connectivity index (χ0) is 20.1. The van der Waals surface area contributed by atoms with Crippen molar-refractivity contribution in [2.24, 2.45) is 17.1 Å². The summed E-state index contributed by atoms with van der Waals surface area (Å²) < 4.78 is 0. The predicted octanol–water partition coefficient (Wildman–Crippen LogP) is 4.63. The molecule has 0 aliphatic rings. The summed E-state index contributed by atoms with van der Waals surface area (Å²) in [5, 5.41) is 6.15. The lowest BCUT2D eigenvalue weighted by molar-refractivity contribution is -0.117. The maximum atomic E-state index is 12.7. The monoisotopic (exact) mass is 417 g/mol. The van der Waals surface area contributed by atoms with Crippen molar-refractivity contribution in [2.75, 3.05) is 11.9 Å². The quantitative estimate of drug-likeness (QED) is 0.604. The highest BCUT2D eigenvalue weighted by Crippen LogP contribution is 2.24. The van der Waals surface area contributed by atoms with Crippen molar-refractivity contribution >= 4 is 41.5 Å². The number of nitrogens with one attached hydrogen (secondary N) is 2. The van der Waals surface area contributed by atoms with Gasteiger partial charge in [0.2, 0.25) is 5.91 Å². The third-order valence-electron chi connectivity index (χ3n) is 3.91. The predicted molar refractivity (Wildman–Crippen MR) is 116 cm³/mol. The summed E-state index contributed by atoms with van der Waals surface area (Å²) in [6.07, 6.45) is 1.14. The van der Waals surface area contributed by atoms with E-state index >= 15 is 0 Å². The molecule has 0 spiro atoms. The fourth-order valence-electron chi connectivity index (χ4n) is 2.89. The van der Waals surface area contributed by atoms with Gasteiger partial charge in [-0.05, 0) is 42.9 Å². The molecular formula is C20H33Cl2N3O2. The zero-order valence-corrected chi connectivity index (χ0v) is 18.7. The number of carbonyl (C=O) groups is 2. The van der Waals surface area contributed by atoms with Gasteiger partial charge in [0, 0.05) is 24.2 Å². The summed E-state index contributed by atoms with van der Waals surface area (Å²) in [5.74, 6) is -0.00403. The molecule has 1 atom stereocenters. The molecule has 2 amide bonds. The highest BCUT2D eigenvalue weighted by Gasteiger charge is 2.27. The van der Waals surface area contributed by atoms with Crippen molar-refractivity contribution < 1.29 is 9.59 Å². The van der Waals surface area contributed by atoms with Crippen molar-refractivity contribution in [3.05, 3.63) is 28.8 Å². The first-order chi connectivity index (χ1) is 11.8. The molecule has 0 radical (unpaired) electrons. The number of halogens is 2. The molecule has 1 aromatic rings. The van der Waals surface area contributed by atoms with Crippen LogP contribution in [0.25, 0.3) is 0 Å². The molecule has 27 heavy (non-hydrogen) atoms. The van der Waals surface area contributed by atoms with Gasteiger partial charge < -0.3 is 16.4 Å². The van der Waals surface area contributed by atoms with Crippen molar-refractivity contribution in [1.29, 1.82) is 0 Å². The number of hydrogen-bond donors (Lipinski definition) is 3. The largest absolute Gasteiger partial charge is 0.346 e. The number of carbonyl (C=O) groups excluding carboxylic acids is 2. The lowest BCUT2D eigenvalue weighted by atomic mass is 9.90. The first-order valence-corrected chi connectivity index (χ1v) is 9.35. The third-order valence-corrected chi connectivity index (χ3v) is 4.24. The zero-order valence-electron chi connectivity index (χ0n) is 17.1. The molecule has 0 saturated carbocycles. The lowest BCUT2D eigenvalue weighted by Crippen LogP contribution is -2.52. The van der Waals surface area contributed by atoms with Crippen LogP contribution < -0.4 is 16.4 Å². The molecule has 0 saturated heterocycles. The van der Waals surface area contributed by atoms with Crippen molar-refractivity contribution in [2.45, 2.75) is 59.9 Å². The van der Waals surface area contributed by atoms with Crippen LogP contribution >= 0.6 is 24.0 Å². The summed E-state index contributed by atoms with van der Waals surface area (Å²) >= 11 is 6.21. The second kappa shape index (κ2) is 10.3. The van der Waals surface area contributed by atoms with Gasteiger partial charge in [0.15, 0.2) is 0 Å². The number of benzene rings is 1. The van der Waals surface area contributed by atoms with Crippen LogP contribution in [-0.4, -0.2) is 23.9 Å². The van der Waals surface area contributed by atoms with Crippen molar-refractivity contribution in [1.82, 2.24) is 5.32 Å². The summed E-state index contributed by atoms with van der Waals surface area (Å²) in [6, 6.07) is 4.91. The minimum Gasteiger partial charge on any atom is -0.346 e. The van der Waals surface area contributed by atoms with E-state index in [1.54, 1.807) is 18.2 Å². The molecule has 0 heterocycles. The fourth-order valence-corrected chi connectivity index (χ4v) is 3.10. The molecule has 0 aliphatic heterocycles. The van der Waals surface area contributed by atoms with Gasteiger partial charge in [-0.25, -0.2) is 0 Å². The van der Waals surface area contributed by atoms with Gasteiger partial charge in [-0.3, -0.25) is 9.59 Å². The molecule has 0 aromatic heterocycles. The Morgan fingerprint density at radius 1 is 1.19 bits per heavy atom. The maximum Gasteiger partial charge on any atom is 0.253 e. The Morgan fingerprint density at radius 2 is 1.78 bits per heavy atom. The van der Waals surface area contributed by atoms with E-state index in [1.807, 2.05) is 27.7 Å². The first kappa shape index (κ1) is 25.7. The molecule has 0 bridgehead atoms. The highest BCUT2D eigenvalue weighted by molar-refractivity contribution is 6.34. The average molecular weight is 418 g/mol. The van der Waals surface area contributed by atoms with Crippen LogP contribution in [0.15, 0.2) is 18.2 Å². The third kappa shape index (κ3) is 8.96. The molecule has 7 heteroatoms. The van der Waals surface area contributed by atoms with Crippen molar-refractivity contribution in [3.63, 3.8) is 0 Å². The van der Waals surface area contributed by atoms with E-state index in [0.29, 0.717) is 35.2 Å². The van der Waals surface area contributed by atoms with Crippen LogP contribution in [-0.2, 0) is 4.79 Å². The van der Waals surface area contributed by atoms with Crippen LogP contribution in [0.1, 0.15) is 64.7 Å². The standard InChI is InChI=1S/C20H32ClN3O2.ClH/c1-13(2)10-20(6,12-22)24-18(26)15-9-14(7-8-16(15)21)23-17(25)11-19(3,4)5;/h7-9,13H,10-12,22H2,1-6H3,(H,23,25)(H,24,26);1H.